The van der Waals surface area contributed by atoms with E-state index < -0.39 is 40.7 Å². The topological polar surface area (TPSA) is 151 Å². The molecular weight excluding hydrogens is 376 g/mol. The number of carbonyl (C=O) groups excluding carboxylic acids is 3. The van der Waals surface area contributed by atoms with Crippen LogP contribution in [0.15, 0.2) is 40.5 Å². The quantitative estimate of drug-likeness (QED) is 0.186. The number of allylic oxidation sites excluding steroid dienone is 1. The molecule has 10 heteroatoms. The molecule has 0 fully saturated rings. The predicted octanol–water partition coefficient (Wildman–Crippen LogP) is 1.15. The van der Waals surface area contributed by atoms with Crippen LogP contribution in [0.5, 0.6) is 0 Å². The van der Waals surface area contributed by atoms with Gasteiger partial charge in [-0.25, -0.2) is 8.42 Å². The van der Waals surface area contributed by atoms with Crippen molar-refractivity contribution in [2.24, 2.45) is 0 Å². The molecular formula is C17H20N2O7S. The largest absolute Gasteiger partial charge is 0.508 e. The Balaban J connectivity index is 2.70. The van der Waals surface area contributed by atoms with E-state index in [4.69, 9.17) is 10.1 Å². The van der Waals surface area contributed by atoms with Gasteiger partial charge in [-0.15, -0.1) is 0 Å². The SMILES string of the molecule is CC(=N)/C(C(C)=O)=C(/O)COC(=O)CNS(=O)(=O)c1ccc(C(C)=O)cc1. The summed E-state index contributed by atoms with van der Waals surface area (Å²) in [6.45, 7) is 2.42. The van der Waals surface area contributed by atoms with Crippen molar-refractivity contribution in [2.45, 2.75) is 25.7 Å². The smallest absolute Gasteiger partial charge is 0.321 e. The second kappa shape index (κ2) is 9.19. The van der Waals surface area contributed by atoms with Crippen molar-refractivity contribution < 1.29 is 32.6 Å². The number of hydrogen-bond donors (Lipinski definition) is 3. The number of Topliss-reactive ketones (excluding diaryl/α,β-unsaturated/α-hetero) is 2. The summed E-state index contributed by atoms with van der Waals surface area (Å²) in [5.41, 5.74) is -0.113. The Morgan fingerprint density at radius 3 is 2.11 bits per heavy atom. The highest BCUT2D eigenvalue weighted by molar-refractivity contribution is 7.89. The van der Waals surface area contributed by atoms with Gasteiger partial charge in [0.2, 0.25) is 10.0 Å². The lowest BCUT2D eigenvalue weighted by Gasteiger charge is -2.09. The zero-order valence-electron chi connectivity index (χ0n) is 15.0. The molecule has 1 aromatic carbocycles. The minimum absolute atomic E-state index is 0.138. The second-order valence-electron chi connectivity index (χ2n) is 5.57. The third-order valence-corrected chi connectivity index (χ3v) is 4.78. The van der Waals surface area contributed by atoms with Crippen LogP contribution in [-0.4, -0.2) is 49.9 Å². The Morgan fingerprint density at radius 1 is 1.11 bits per heavy atom. The Hall–Kier alpha value is -2.85. The summed E-state index contributed by atoms with van der Waals surface area (Å²) >= 11 is 0. The zero-order chi connectivity index (χ0) is 20.8. The third kappa shape index (κ3) is 6.42. The van der Waals surface area contributed by atoms with Crippen molar-refractivity contribution in [3.8, 4) is 0 Å². The number of aliphatic hydroxyl groups excluding tert-OH is 1. The standard InChI is InChI=1S/C17H20N2O7S/c1-10(18)17(12(3)21)15(22)9-26-16(23)8-19-27(24,25)14-6-4-13(5-7-14)11(2)20/h4-7,18-19,22H,8-9H2,1-3H3/b17-15-,18-10?. The maximum absolute atomic E-state index is 12.1. The van der Waals surface area contributed by atoms with Gasteiger partial charge in [0.15, 0.2) is 11.6 Å². The van der Waals surface area contributed by atoms with Crippen molar-refractivity contribution in [1.82, 2.24) is 4.72 Å². The first-order chi connectivity index (χ1) is 12.5. The number of rotatable bonds is 9. The average molecular weight is 396 g/mol. The molecule has 0 amide bonds. The molecule has 0 unspecified atom stereocenters. The first kappa shape index (κ1) is 22.2. The lowest BCUT2D eigenvalue weighted by Crippen LogP contribution is -2.31. The van der Waals surface area contributed by atoms with Crippen LogP contribution in [0.1, 0.15) is 31.1 Å². The fourth-order valence-electron chi connectivity index (χ4n) is 2.06. The second-order valence-corrected chi connectivity index (χ2v) is 7.34. The van der Waals surface area contributed by atoms with E-state index >= 15 is 0 Å². The molecule has 0 saturated heterocycles. The van der Waals surface area contributed by atoms with Crippen LogP contribution in [0, 0.1) is 5.41 Å². The molecule has 27 heavy (non-hydrogen) atoms. The summed E-state index contributed by atoms with van der Waals surface area (Å²) in [5.74, 6) is -2.36. The molecule has 0 heterocycles. The normalized spacial score (nSPS) is 12.1. The van der Waals surface area contributed by atoms with Gasteiger partial charge in [-0.05, 0) is 32.9 Å². The van der Waals surface area contributed by atoms with Gasteiger partial charge in [0.1, 0.15) is 18.9 Å². The van der Waals surface area contributed by atoms with Gasteiger partial charge >= 0.3 is 5.97 Å². The number of ether oxygens (including phenoxy) is 1. The molecule has 146 valence electrons. The highest BCUT2D eigenvalue weighted by Gasteiger charge is 2.18. The number of nitrogens with one attached hydrogen (secondary N) is 2. The molecule has 1 aromatic rings. The number of hydrogen-bond acceptors (Lipinski definition) is 8. The van der Waals surface area contributed by atoms with Crippen LogP contribution < -0.4 is 4.72 Å². The van der Waals surface area contributed by atoms with Crippen LogP contribution in [0.4, 0.5) is 0 Å². The molecule has 0 aliphatic heterocycles. The summed E-state index contributed by atoms with van der Waals surface area (Å²) in [4.78, 5) is 34.1. The first-order valence-electron chi connectivity index (χ1n) is 7.70. The molecule has 0 saturated carbocycles. The van der Waals surface area contributed by atoms with Crippen molar-refractivity contribution in [2.75, 3.05) is 13.2 Å². The molecule has 1 rings (SSSR count). The average Bonchev–Trinajstić information content (AvgIpc) is 2.57. The maximum Gasteiger partial charge on any atom is 0.321 e. The Morgan fingerprint density at radius 2 is 1.67 bits per heavy atom. The minimum Gasteiger partial charge on any atom is -0.508 e. The van der Waals surface area contributed by atoms with E-state index in [0.29, 0.717) is 5.56 Å². The number of sulfonamides is 1. The predicted molar refractivity (Wildman–Crippen MR) is 96.3 cm³/mol. The Labute approximate surface area is 156 Å². The monoisotopic (exact) mass is 396 g/mol. The highest BCUT2D eigenvalue weighted by atomic mass is 32.2. The number of aliphatic hydroxyl groups is 1. The van der Waals surface area contributed by atoms with Crippen molar-refractivity contribution in [3.63, 3.8) is 0 Å². The Bertz CT molecular complexity index is 884. The fraction of sp³-hybridized carbons (Fsp3) is 0.294. The van der Waals surface area contributed by atoms with Crippen LogP contribution in [0.25, 0.3) is 0 Å². The van der Waals surface area contributed by atoms with Crippen molar-refractivity contribution in [3.05, 3.63) is 41.2 Å². The number of carbonyl (C=O) groups is 3. The van der Waals surface area contributed by atoms with E-state index in [1.807, 2.05) is 4.72 Å². The van der Waals surface area contributed by atoms with Gasteiger partial charge in [0.25, 0.3) is 0 Å². The molecule has 0 aromatic heterocycles. The number of ketones is 2. The molecule has 0 bridgehead atoms. The van der Waals surface area contributed by atoms with E-state index in [2.05, 4.69) is 0 Å². The number of esters is 1. The summed E-state index contributed by atoms with van der Waals surface area (Å²) in [7, 11) is -4.00. The molecule has 0 aliphatic carbocycles. The van der Waals surface area contributed by atoms with E-state index in [1.54, 1.807) is 0 Å². The fourth-order valence-corrected chi connectivity index (χ4v) is 3.03. The van der Waals surface area contributed by atoms with Gasteiger partial charge in [-0.3, -0.25) is 14.4 Å². The third-order valence-electron chi connectivity index (χ3n) is 3.36. The molecule has 0 atom stereocenters. The van der Waals surface area contributed by atoms with E-state index in [9.17, 15) is 27.9 Å². The summed E-state index contributed by atoms with van der Waals surface area (Å²) in [6, 6.07) is 5.15. The van der Waals surface area contributed by atoms with Crippen LogP contribution in [0.2, 0.25) is 0 Å². The van der Waals surface area contributed by atoms with Gasteiger partial charge < -0.3 is 15.3 Å². The first-order valence-corrected chi connectivity index (χ1v) is 9.19. The highest BCUT2D eigenvalue weighted by Crippen LogP contribution is 2.11. The van der Waals surface area contributed by atoms with Gasteiger partial charge in [-0.1, -0.05) is 12.1 Å². The van der Waals surface area contributed by atoms with Crippen molar-refractivity contribution >= 4 is 33.3 Å². The molecule has 3 N–H and O–H groups in total. The summed E-state index contributed by atoms with van der Waals surface area (Å²) in [5, 5.41) is 17.2. The van der Waals surface area contributed by atoms with Gasteiger partial charge in [-0.2, -0.15) is 4.72 Å². The minimum atomic E-state index is -4.00. The van der Waals surface area contributed by atoms with Crippen LogP contribution >= 0.6 is 0 Å². The Kier molecular flexibility index (Phi) is 7.56. The molecule has 0 aliphatic rings. The molecule has 9 nitrogen and oxygen atoms in total. The lowest BCUT2D eigenvalue weighted by molar-refractivity contribution is -0.142. The maximum atomic E-state index is 12.1. The number of benzene rings is 1. The van der Waals surface area contributed by atoms with E-state index in [1.165, 1.54) is 38.1 Å². The van der Waals surface area contributed by atoms with Gasteiger partial charge in [0.05, 0.1) is 10.5 Å². The van der Waals surface area contributed by atoms with E-state index in [-0.39, 0.29) is 22.0 Å². The zero-order valence-corrected chi connectivity index (χ0v) is 15.8. The van der Waals surface area contributed by atoms with Crippen LogP contribution in [-0.2, 0) is 24.3 Å². The van der Waals surface area contributed by atoms with Gasteiger partial charge in [0, 0.05) is 11.3 Å². The molecule has 0 radical (unpaired) electrons. The molecule has 0 spiro atoms. The van der Waals surface area contributed by atoms with Crippen LogP contribution in [0.3, 0.4) is 0 Å². The lowest BCUT2D eigenvalue weighted by atomic mass is 10.1. The summed E-state index contributed by atoms with van der Waals surface area (Å²) in [6.07, 6.45) is 0. The van der Waals surface area contributed by atoms with E-state index in [0.717, 1.165) is 6.92 Å². The summed E-state index contributed by atoms with van der Waals surface area (Å²) < 4.78 is 30.9. The van der Waals surface area contributed by atoms with Crippen molar-refractivity contribution in [1.29, 1.82) is 5.41 Å².